The van der Waals surface area contributed by atoms with Crippen LogP contribution in [0.1, 0.15) is 56.1 Å². The molecular weight excluding hydrogens is 414 g/mol. The first-order valence-corrected chi connectivity index (χ1v) is 12.2. The van der Waals surface area contributed by atoms with Crippen molar-refractivity contribution in [2.45, 2.75) is 51.0 Å². The van der Waals surface area contributed by atoms with Crippen molar-refractivity contribution >= 4 is 16.8 Å². The molecule has 3 aromatic rings. The lowest BCUT2D eigenvalue weighted by Gasteiger charge is -2.33. The van der Waals surface area contributed by atoms with Crippen LogP contribution in [0.2, 0.25) is 0 Å². The van der Waals surface area contributed by atoms with Crippen molar-refractivity contribution in [3.63, 3.8) is 0 Å². The lowest BCUT2D eigenvalue weighted by Crippen LogP contribution is -2.39. The van der Waals surface area contributed by atoms with Gasteiger partial charge in [-0.25, -0.2) is 0 Å². The van der Waals surface area contributed by atoms with E-state index in [4.69, 9.17) is 9.47 Å². The summed E-state index contributed by atoms with van der Waals surface area (Å²) >= 11 is 0. The monoisotopic (exact) mass is 447 g/mol. The van der Waals surface area contributed by atoms with Crippen molar-refractivity contribution in [1.29, 1.82) is 0 Å². The van der Waals surface area contributed by atoms with Crippen LogP contribution >= 0.6 is 0 Å². The number of carbonyl (C=O) groups is 1. The standard InChI is InChI=1S/C27H33N3O3/c1-19-7-4-5-13-30(19)14-6-12-28-27(31)16-22(20-10-11-25-26(15-20)33-18-32-25)23-17-29-24-9-3-2-8-21(23)24/h2-3,8-11,15,17,19,22,29H,4-7,12-14,16,18H2,1H3,(H,28,31)/t19-,22+/m0/s1. The number of piperidine rings is 1. The van der Waals surface area contributed by atoms with Crippen LogP contribution in [-0.4, -0.2) is 48.3 Å². The second-order valence-corrected chi connectivity index (χ2v) is 9.24. The highest BCUT2D eigenvalue weighted by Crippen LogP contribution is 2.39. The van der Waals surface area contributed by atoms with Gasteiger partial charge in [0.05, 0.1) is 0 Å². The summed E-state index contributed by atoms with van der Waals surface area (Å²) in [5.74, 6) is 1.51. The maximum atomic E-state index is 13.0. The second-order valence-electron chi connectivity index (χ2n) is 9.24. The van der Waals surface area contributed by atoms with Gasteiger partial charge in [-0.3, -0.25) is 4.79 Å². The topological polar surface area (TPSA) is 66.6 Å². The normalized spacial score (nSPS) is 19.0. The van der Waals surface area contributed by atoms with Gasteiger partial charge in [0.25, 0.3) is 0 Å². The molecule has 0 saturated carbocycles. The Kier molecular flexibility index (Phi) is 6.53. The minimum Gasteiger partial charge on any atom is -0.454 e. The minimum absolute atomic E-state index is 0.0715. The van der Waals surface area contributed by atoms with E-state index in [0.29, 0.717) is 19.0 Å². The molecule has 0 unspecified atom stereocenters. The largest absolute Gasteiger partial charge is 0.454 e. The van der Waals surface area contributed by atoms with E-state index in [0.717, 1.165) is 46.5 Å². The molecule has 3 heterocycles. The van der Waals surface area contributed by atoms with Gasteiger partial charge in [-0.15, -0.1) is 0 Å². The SMILES string of the molecule is C[C@H]1CCCCN1CCCNC(=O)C[C@H](c1ccc2c(c1)OCO2)c1c[nH]c2ccccc12. The summed E-state index contributed by atoms with van der Waals surface area (Å²) in [5, 5.41) is 4.31. The zero-order chi connectivity index (χ0) is 22.6. The summed E-state index contributed by atoms with van der Waals surface area (Å²) in [6.07, 6.45) is 7.32. The van der Waals surface area contributed by atoms with E-state index in [9.17, 15) is 4.79 Å². The van der Waals surface area contributed by atoms with Crippen molar-refractivity contribution in [2.24, 2.45) is 0 Å². The zero-order valence-corrected chi connectivity index (χ0v) is 19.3. The van der Waals surface area contributed by atoms with Crippen LogP contribution in [0.5, 0.6) is 11.5 Å². The van der Waals surface area contributed by atoms with Crippen molar-refractivity contribution in [2.75, 3.05) is 26.4 Å². The number of para-hydroxylation sites is 1. The highest BCUT2D eigenvalue weighted by atomic mass is 16.7. The Morgan fingerprint density at radius 1 is 1.18 bits per heavy atom. The molecule has 0 spiro atoms. The van der Waals surface area contributed by atoms with Gasteiger partial charge in [-0.05, 0) is 62.1 Å². The van der Waals surface area contributed by atoms with E-state index in [2.05, 4.69) is 34.3 Å². The van der Waals surface area contributed by atoms with Crippen molar-refractivity contribution in [3.8, 4) is 11.5 Å². The summed E-state index contributed by atoms with van der Waals surface area (Å²) in [6.45, 7) is 5.50. The van der Waals surface area contributed by atoms with E-state index < -0.39 is 0 Å². The predicted molar refractivity (Wildman–Crippen MR) is 130 cm³/mol. The molecule has 5 rings (SSSR count). The van der Waals surface area contributed by atoms with Gasteiger partial charge >= 0.3 is 0 Å². The second kappa shape index (κ2) is 9.87. The van der Waals surface area contributed by atoms with Crippen LogP contribution in [0.3, 0.4) is 0 Å². The van der Waals surface area contributed by atoms with Crippen LogP contribution in [0, 0.1) is 0 Å². The number of H-pyrrole nitrogens is 1. The average molecular weight is 448 g/mol. The summed E-state index contributed by atoms with van der Waals surface area (Å²) in [4.78, 5) is 18.9. The first-order chi connectivity index (χ1) is 16.2. The number of aromatic nitrogens is 1. The number of nitrogens with one attached hydrogen (secondary N) is 2. The predicted octanol–water partition coefficient (Wildman–Crippen LogP) is 4.80. The van der Waals surface area contributed by atoms with Crippen molar-refractivity contribution in [1.82, 2.24) is 15.2 Å². The van der Waals surface area contributed by atoms with Gasteiger partial charge in [0.1, 0.15) is 0 Å². The molecule has 2 N–H and O–H groups in total. The van der Waals surface area contributed by atoms with Gasteiger partial charge in [-0.1, -0.05) is 30.7 Å². The molecule has 6 heteroatoms. The molecule has 0 bridgehead atoms. The molecule has 0 radical (unpaired) electrons. The molecule has 2 atom stereocenters. The maximum absolute atomic E-state index is 13.0. The van der Waals surface area contributed by atoms with Crippen LogP contribution in [0.4, 0.5) is 0 Å². The fourth-order valence-electron chi connectivity index (χ4n) is 5.18. The third-order valence-electron chi connectivity index (χ3n) is 7.07. The molecule has 2 aliphatic rings. The number of carbonyl (C=O) groups excluding carboxylic acids is 1. The van der Waals surface area contributed by atoms with Crippen molar-refractivity contribution in [3.05, 3.63) is 59.8 Å². The summed E-state index contributed by atoms with van der Waals surface area (Å²) in [6, 6.07) is 14.9. The number of hydrogen-bond donors (Lipinski definition) is 2. The highest BCUT2D eigenvalue weighted by molar-refractivity contribution is 5.86. The quantitative estimate of drug-likeness (QED) is 0.487. The summed E-state index contributed by atoms with van der Waals surface area (Å²) < 4.78 is 11.1. The van der Waals surface area contributed by atoms with E-state index in [1.807, 2.05) is 36.5 Å². The Labute approximate surface area is 195 Å². The molecule has 33 heavy (non-hydrogen) atoms. The molecule has 2 aliphatic heterocycles. The molecular formula is C27H33N3O3. The zero-order valence-electron chi connectivity index (χ0n) is 19.3. The number of aromatic amines is 1. The van der Waals surface area contributed by atoms with Gasteiger partial charge in [-0.2, -0.15) is 0 Å². The Bertz CT molecular complexity index is 1110. The molecule has 1 fully saturated rings. The number of benzene rings is 2. The van der Waals surface area contributed by atoms with E-state index >= 15 is 0 Å². The molecule has 174 valence electrons. The average Bonchev–Trinajstić information content (AvgIpc) is 3.48. The van der Waals surface area contributed by atoms with E-state index in [-0.39, 0.29) is 18.6 Å². The molecule has 2 aromatic carbocycles. The smallest absolute Gasteiger partial charge is 0.231 e. The lowest BCUT2D eigenvalue weighted by molar-refractivity contribution is -0.121. The van der Waals surface area contributed by atoms with Gasteiger partial charge in [0.15, 0.2) is 11.5 Å². The van der Waals surface area contributed by atoms with Crippen LogP contribution in [0.15, 0.2) is 48.7 Å². The Balaban J connectivity index is 1.28. The Hall–Kier alpha value is -2.99. The Morgan fingerprint density at radius 3 is 2.97 bits per heavy atom. The Morgan fingerprint density at radius 2 is 2.06 bits per heavy atom. The lowest BCUT2D eigenvalue weighted by atomic mass is 9.87. The number of amides is 1. The fourth-order valence-corrected chi connectivity index (χ4v) is 5.18. The van der Waals surface area contributed by atoms with Crippen LogP contribution in [0.25, 0.3) is 10.9 Å². The number of rotatable bonds is 8. The third-order valence-corrected chi connectivity index (χ3v) is 7.07. The highest BCUT2D eigenvalue weighted by Gasteiger charge is 2.24. The van der Waals surface area contributed by atoms with Gasteiger partial charge < -0.3 is 24.7 Å². The fraction of sp³-hybridized carbons (Fsp3) is 0.444. The van der Waals surface area contributed by atoms with E-state index in [1.54, 1.807) is 0 Å². The van der Waals surface area contributed by atoms with Crippen LogP contribution < -0.4 is 14.8 Å². The number of ether oxygens (including phenoxy) is 2. The summed E-state index contributed by atoms with van der Waals surface area (Å²) in [7, 11) is 0. The number of nitrogens with zero attached hydrogens (tertiary/aromatic N) is 1. The van der Waals surface area contributed by atoms with Crippen LogP contribution in [-0.2, 0) is 4.79 Å². The van der Waals surface area contributed by atoms with Crippen molar-refractivity contribution < 1.29 is 14.3 Å². The number of hydrogen-bond acceptors (Lipinski definition) is 4. The molecule has 6 nitrogen and oxygen atoms in total. The van der Waals surface area contributed by atoms with E-state index in [1.165, 1.54) is 25.8 Å². The first kappa shape index (κ1) is 21.8. The molecule has 1 aromatic heterocycles. The molecule has 1 amide bonds. The molecule has 1 saturated heterocycles. The number of fused-ring (bicyclic) bond motifs is 2. The third kappa shape index (κ3) is 4.86. The minimum atomic E-state index is -0.0715. The first-order valence-electron chi connectivity index (χ1n) is 12.2. The maximum Gasteiger partial charge on any atom is 0.231 e. The van der Waals surface area contributed by atoms with Gasteiger partial charge in [0.2, 0.25) is 12.7 Å². The summed E-state index contributed by atoms with van der Waals surface area (Å²) in [5.41, 5.74) is 3.26. The van der Waals surface area contributed by atoms with Gasteiger partial charge in [0, 0.05) is 48.6 Å². The molecule has 0 aliphatic carbocycles. The number of likely N-dealkylation sites (tertiary alicyclic amines) is 1.